The summed E-state index contributed by atoms with van der Waals surface area (Å²) in [6, 6.07) is 48.7. The highest BCUT2D eigenvalue weighted by Crippen LogP contribution is 2.60. The molecule has 0 fully saturated rings. The summed E-state index contributed by atoms with van der Waals surface area (Å²) in [6.07, 6.45) is 0. The third kappa shape index (κ3) is 4.84. The highest BCUT2D eigenvalue weighted by molar-refractivity contribution is 7.10. The van der Waals surface area contributed by atoms with Gasteiger partial charge in [-0.05, 0) is 45.8 Å². The Balaban J connectivity index is 1.29. The van der Waals surface area contributed by atoms with Crippen LogP contribution in [0.15, 0.2) is 151 Å². The molecule has 47 heavy (non-hydrogen) atoms. The summed E-state index contributed by atoms with van der Waals surface area (Å²) in [5, 5.41) is 14.9. The molecule has 6 heteroatoms. The second-order valence-corrected chi connectivity index (χ2v) is 13.2. The molecule has 5 aromatic carbocycles. The van der Waals surface area contributed by atoms with E-state index in [1.54, 1.807) is 0 Å². The first kappa shape index (κ1) is 29.2. The Labute approximate surface area is 278 Å². The van der Waals surface area contributed by atoms with Crippen molar-refractivity contribution in [3.63, 3.8) is 0 Å². The lowest BCUT2D eigenvalue weighted by Crippen LogP contribution is -2.60. The summed E-state index contributed by atoms with van der Waals surface area (Å²) >= 11 is 1.45. The van der Waals surface area contributed by atoms with Gasteiger partial charge in [-0.15, -0.1) is 11.3 Å². The van der Waals surface area contributed by atoms with Crippen LogP contribution in [0.2, 0.25) is 0 Å². The van der Waals surface area contributed by atoms with Crippen LogP contribution < -0.4 is 14.5 Å². The molecule has 5 nitrogen and oxygen atoms in total. The van der Waals surface area contributed by atoms with Gasteiger partial charge in [-0.25, -0.2) is 0 Å². The van der Waals surface area contributed by atoms with Crippen molar-refractivity contribution in [1.29, 1.82) is 0 Å². The third-order valence-corrected chi connectivity index (χ3v) is 10.5. The summed E-state index contributed by atoms with van der Waals surface area (Å²) in [6.45, 7) is 1.74. The molecule has 1 spiro atoms. The van der Waals surface area contributed by atoms with Crippen molar-refractivity contribution in [1.82, 2.24) is 0 Å². The van der Waals surface area contributed by atoms with E-state index in [-0.39, 0.29) is 12.5 Å². The Kier molecular flexibility index (Phi) is 7.39. The zero-order valence-electron chi connectivity index (χ0n) is 25.8. The molecule has 3 heterocycles. The predicted octanol–water partition coefficient (Wildman–Crippen LogP) is 8.07. The van der Waals surface area contributed by atoms with Crippen molar-refractivity contribution < 1.29 is 14.6 Å². The first-order valence-corrected chi connectivity index (χ1v) is 16.8. The Morgan fingerprint density at radius 2 is 1.32 bits per heavy atom. The Bertz CT molecular complexity index is 1980. The second kappa shape index (κ2) is 11.9. The number of hydrogen-bond donors (Lipinski definition) is 1. The van der Waals surface area contributed by atoms with Crippen molar-refractivity contribution in [2.75, 3.05) is 16.4 Å². The Morgan fingerprint density at radius 1 is 0.702 bits per heavy atom. The van der Waals surface area contributed by atoms with Crippen LogP contribution in [0.5, 0.6) is 5.75 Å². The standard InChI is InChI=1S/C41H34N2O3S/c44-39-41(34-19-10-11-20-36(34)43(39)28-32-17-8-3-9-18-32)35-23-22-33(25-37(35)46-29-40(41,45)38-21-12-24-47-38)42(26-30-13-4-1-5-14-30)27-31-15-6-2-7-16-31/h1-25,45H,26-29H2/t40-,41+/m0/s1. The van der Waals surface area contributed by atoms with Crippen molar-refractivity contribution >= 4 is 28.6 Å². The van der Waals surface area contributed by atoms with Crippen LogP contribution >= 0.6 is 11.3 Å². The van der Waals surface area contributed by atoms with Gasteiger partial charge in [0.1, 0.15) is 17.8 Å². The molecule has 8 rings (SSSR count). The van der Waals surface area contributed by atoms with E-state index in [0.29, 0.717) is 35.8 Å². The van der Waals surface area contributed by atoms with Gasteiger partial charge in [-0.2, -0.15) is 0 Å². The van der Waals surface area contributed by atoms with E-state index in [9.17, 15) is 5.11 Å². The minimum absolute atomic E-state index is 0.0550. The van der Waals surface area contributed by atoms with Crippen molar-refractivity contribution in [2.45, 2.75) is 30.7 Å². The first-order valence-electron chi connectivity index (χ1n) is 15.9. The molecule has 1 amide bonds. The highest BCUT2D eigenvalue weighted by Gasteiger charge is 2.68. The van der Waals surface area contributed by atoms with Gasteiger partial charge in [0, 0.05) is 41.0 Å². The fourth-order valence-electron chi connectivity index (χ4n) is 7.30. The molecule has 0 unspecified atom stereocenters. The Hall–Kier alpha value is -5.17. The largest absolute Gasteiger partial charge is 0.490 e. The van der Waals surface area contributed by atoms with Gasteiger partial charge in [0.2, 0.25) is 5.91 Å². The maximum Gasteiger partial charge on any atom is 0.246 e. The number of fused-ring (bicyclic) bond motifs is 4. The van der Waals surface area contributed by atoms with Crippen molar-refractivity contribution in [3.8, 4) is 5.75 Å². The van der Waals surface area contributed by atoms with Gasteiger partial charge >= 0.3 is 0 Å². The van der Waals surface area contributed by atoms with Crippen LogP contribution in [0.4, 0.5) is 11.4 Å². The zero-order chi connectivity index (χ0) is 31.8. The molecule has 1 aromatic heterocycles. The number of rotatable bonds is 8. The van der Waals surface area contributed by atoms with E-state index in [0.717, 1.165) is 22.5 Å². The number of aliphatic hydroxyl groups is 1. The van der Waals surface area contributed by atoms with Gasteiger partial charge in [0.15, 0.2) is 5.60 Å². The molecule has 2 atom stereocenters. The predicted molar refractivity (Wildman–Crippen MR) is 188 cm³/mol. The number of carbonyl (C=O) groups excluding carboxylic acids is 1. The number of anilines is 2. The van der Waals surface area contributed by atoms with E-state index in [4.69, 9.17) is 4.74 Å². The molecule has 0 radical (unpaired) electrons. The quantitative estimate of drug-likeness (QED) is 0.184. The summed E-state index contributed by atoms with van der Waals surface area (Å²) in [7, 11) is 0. The third-order valence-electron chi connectivity index (χ3n) is 9.50. The van der Waals surface area contributed by atoms with Gasteiger partial charge in [0.05, 0.1) is 6.54 Å². The van der Waals surface area contributed by atoms with E-state index in [1.165, 1.54) is 22.5 Å². The number of thiophene rings is 1. The van der Waals surface area contributed by atoms with Crippen LogP contribution in [-0.2, 0) is 35.4 Å². The van der Waals surface area contributed by atoms with Gasteiger partial charge < -0.3 is 19.6 Å². The molecule has 1 N–H and O–H groups in total. The van der Waals surface area contributed by atoms with E-state index in [2.05, 4.69) is 59.5 Å². The average molecular weight is 635 g/mol. The molecule has 6 aromatic rings. The van der Waals surface area contributed by atoms with Crippen molar-refractivity contribution in [3.05, 3.63) is 184 Å². The molecule has 0 saturated heterocycles. The summed E-state index contributed by atoms with van der Waals surface area (Å²) in [5.74, 6) is 0.459. The number of para-hydroxylation sites is 1. The summed E-state index contributed by atoms with van der Waals surface area (Å²) in [5.41, 5.74) is 3.64. The number of nitrogens with zero attached hydrogens (tertiary/aromatic N) is 2. The van der Waals surface area contributed by atoms with Gasteiger partial charge in [-0.3, -0.25) is 4.79 Å². The number of ether oxygens (including phenoxy) is 1. The number of amides is 1. The fraction of sp³-hybridized carbons (Fsp3) is 0.146. The molecule has 0 saturated carbocycles. The lowest BCUT2D eigenvalue weighted by Gasteiger charge is -2.47. The first-order chi connectivity index (χ1) is 23.1. The van der Waals surface area contributed by atoms with Crippen LogP contribution in [-0.4, -0.2) is 17.6 Å². The lowest BCUT2D eigenvalue weighted by atomic mass is 9.61. The smallest absolute Gasteiger partial charge is 0.246 e. The van der Waals surface area contributed by atoms with Crippen LogP contribution in [0.25, 0.3) is 0 Å². The number of hydrogen-bond acceptors (Lipinski definition) is 5. The summed E-state index contributed by atoms with van der Waals surface area (Å²) < 4.78 is 6.52. The Morgan fingerprint density at radius 3 is 1.96 bits per heavy atom. The van der Waals surface area contributed by atoms with Crippen LogP contribution in [0.3, 0.4) is 0 Å². The van der Waals surface area contributed by atoms with Crippen LogP contribution in [0, 0.1) is 0 Å². The second-order valence-electron chi connectivity index (χ2n) is 12.3. The minimum Gasteiger partial charge on any atom is -0.490 e. The topological polar surface area (TPSA) is 53.0 Å². The zero-order valence-corrected chi connectivity index (χ0v) is 26.6. The van der Waals surface area contributed by atoms with E-state index >= 15 is 4.79 Å². The molecule has 2 aliphatic rings. The number of carbonyl (C=O) groups is 1. The van der Waals surface area contributed by atoms with Gasteiger partial charge in [0.25, 0.3) is 0 Å². The highest BCUT2D eigenvalue weighted by atomic mass is 32.1. The number of benzene rings is 5. The van der Waals surface area contributed by atoms with E-state index < -0.39 is 11.0 Å². The maximum atomic E-state index is 15.2. The molecule has 2 aliphatic heterocycles. The molecular formula is C41H34N2O3S. The lowest BCUT2D eigenvalue weighted by molar-refractivity contribution is -0.138. The van der Waals surface area contributed by atoms with Gasteiger partial charge in [-0.1, -0.05) is 121 Å². The normalized spacial score (nSPS) is 19.7. The maximum absolute atomic E-state index is 15.2. The SMILES string of the molecule is O=C1N(Cc2ccccc2)c2ccccc2[C@@]12c1ccc(N(Cc3ccccc3)Cc3ccccc3)cc1OC[C@]2(O)c1cccs1. The van der Waals surface area contributed by atoms with Crippen LogP contribution in [0.1, 0.15) is 32.7 Å². The van der Waals surface area contributed by atoms with Crippen molar-refractivity contribution in [2.24, 2.45) is 0 Å². The fourth-order valence-corrected chi connectivity index (χ4v) is 8.17. The molecule has 0 bridgehead atoms. The molecular weight excluding hydrogens is 601 g/mol. The minimum atomic E-state index is -1.62. The van der Waals surface area contributed by atoms with E-state index in [1.807, 2.05) is 101 Å². The summed E-state index contributed by atoms with van der Waals surface area (Å²) in [4.78, 5) is 20.1. The molecule has 0 aliphatic carbocycles. The monoisotopic (exact) mass is 634 g/mol. The molecule has 232 valence electrons. The average Bonchev–Trinajstić information content (AvgIpc) is 3.75.